The van der Waals surface area contributed by atoms with Gasteiger partial charge in [0.15, 0.2) is 0 Å². The van der Waals surface area contributed by atoms with Crippen molar-refractivity contribution in [3.05, 3.63) is 23.3 Å². The molecule has 4 fully saturated rings. The van der Waals surface area contributed by atoms with Gasteiger partial charge in [0.05, 0.1) is 0 Å². The Hall–Kier alpha value is -0.760. The van der Waals surface area contributed by atoms with Gasteiger partial charge in [-0.3, -0.25) is 29.4 Å². The van der Waals surface area contributed by atoms with Crippen LogP contribution in [0.15, 0.2) is 23.3 Å². The summed E-state index contributed by atoms with van der Waals surface area (Å²) in [7, 11) is 0. The van der Waals surface area contributed by atoms with Crippen LogP contribution < -0.4 is 0 Å². The van der Waals surface area contributed by atoms with Gasteiger partial charge in [-0.25, -0.2) is 0 Å². The fraction of sp³-hybridized carbons (Fsp3) is 0.950. The third-order valence-electron chi connectivity index (χ3n) is 21.5. The molecule has 6 aliphatic rings. The fourth-order valence-electron chi connectivity index (χ4n) is 14.7. The van der Waals surface area contributed by atoms with Crippen molar-refractivity contribution >= 4 is 0 Å². The van der Waals surface area contributed by atoms with E-state index < -0.39 is 0 Å². The molecule has 6 heteroatoms. The molecule has 0 bridgehead atoms. The molecule has 512 valence electrons. The van der Waals surface area contributed by atoms with E-state index >= 15 is 0 Å². The Labute approximate surface area is 544 Å². The second-order valence-electron chi connectivity index (χ2n) is 40.9. The summed E-state index contributed by atoms with van der Waals surface area (Å²) in [4.78, 5) is 15.7. The molecule has 0 amide bonds. The molecule has 0 aliphatic carbocycles. The Kier molecular flexibility index (Phi) is 30.9. The van der Waals surface area contributed by atoms with Gasteiger partial charge >= 0.3 is 0 Å². The molecular formula is C80H162N6. The van der Waals surface area contributed by atoms with Crippen molar-refractivity contribution in [1.29, 1.82) is 0 Å². The maximum Gasteiger partial charge on any atom is 0.0171 e. The maximum atomic E-state index is 2.66. The van der Waals surface area contributed by atoms with Crippen LogP contribution in [0.5, 0.6) is 0 Å². The molecule has 0 aromatic carbocycles. The Balaban J connectivity index is 0.000000516. The van der Waals surface area contributed by atoms with Gasteiger partial charge in [-0.2, -0.15) is 0 Å². The highest BCUT2D eigenvalue weighted by Crippen LogP contribution is 2.42. The van der Waals surface area contributed by atoms with E-state index in [0.29, 0.717) is 65.7 Å². The van der Waals surface area contributed by atoms with Gasteiger partial charge in [-0.15, -0.1) is 0 Å². The molecule has 86 heavy (non-hydrogen) atoms. The Bertz CT molecular complexity index is 1770. The third-order valence-corrected chi connectivity index (χ3v) is 21.5. The highest BCUT2D eigenvalue weighted by atomic mass is 15.2. The molecular weight excluding hydrogens is 1040 g/mol. The SMILES string of the molecule is CC(C)(C)C1=CCN(C(C)(C)C)CC1.CC(C)(C)C1=CCN(C(C)(C)C)CC1.CC(C)(C)C1CCN(C(C)(C)C)CC1.CC(C)(C)C1CCN(C(C)(C)C)CC1.CC1CC(C(C)(C)C)CCN1C(C)(C)C.CC1CC(C(C)(C)C)CCN1C(C)(C)C. The highest BCUT2D eigenvalue weighted by molar-refractivity contribution is 5.16. The number of rotatable bonds is 0. The predicted octanol–water partition coefficient (Wildman–Crippen LogP) is 21.9. The number of piperidine rings is 4. The largest absolute Gasteiger partial charge is 0.298 e. The van der Waals surface area contributed by atoms with Gasteiger partial charge in [0.2, 0.25) is 0 Å². The van der Waals surface area contributed by atoms with Crippen LogP contribution in [0, 0.1) is 56.2 Å². The van der Waals surface area contributed by atoms with Crippen LogP contribution in [0.2, 0.25) is 0 Å². The third kappa shape index (κ3) is 29.9. The first-order valence-electron chi connectivity index (χ1n) is 36.0. The molecule has 6 nitrogen and oxygen atoms in total. The van der Waals surface area contributed by atoms with E-state index in [1.807, 2.05) is 0 Å². The minimum atomic E-state index is 0.319. The second-order valence-corrected chi connectivity index (χ2v) is 40.9. The van der Waals surface area contributed by atoms with Crippen molar-refractivity contribution in [2.24, 2.45) is 56.2 Å². The molecule has 4 unspecified atom stereocenters. The summed E-state index contributed by atoms with van der Waals surface area (Å²) in [6, 6.07) is 1.48. The van der Waals surface area contributed by atoms with Gasteiger partial charge in [0.25, 0.3) is 0 Å². The molecule has 4 saturated heterocycles. The molecule has 6 aliphatic heterocycles. The van der Waals surface area contributed by atoms with Crippen molar-refractivity contribution in [1.82, 2.24) is 29.4 Å². The van der Waals surface area contributed by atoms with E-state index in [-0.39, 0.29) is 0 Å². The van der Waals surface area contributed by atoms with Crippen LogP contribution in [-0.4, -0.2) is 140 Å². The standard InChI is InChI=1S/2C14H29N.2C13H27N.2C13H25N/c2*1-11-10-12(13(2,3)4)8-9-15(11)14(5,6)7;4*1-12(2,3)11-7-9-14(10-8-11)13(4,5)6/h2*11-12H,8-10H2,1-7H3;2*11H,7-10H2,1-6H3;2*7H,8-10H2,1-6H3. The van der Waals surface area contributed by atoms with Crippen LogP contribution in [0.3, 0.4) is 0 Å². The van der Waals surface area contributed by atoms with Crippen LogP contribution in [0.1, 0.15) is 327 Å². The summed E-state index contributed by atoms with van der Waals surface area (Å²) in [5.41, 5.74) is 7.99. The molecule has 0 aromatic rings. The van der Waals surface area contributed by atoms with Crippen LogP contribution >= 0.6 is 0 Å². The first kappa shape index (κ1) is 83.3. The quantitative estimate of drug-likeness (QED) is 0.224. The van der Waals surface area contributed by atoms with Crippen molar-refractivity contribution in [2.75, 3.05) is 65.4 Å². The normalized spacial score (nSPS) is 24.9. The maximum absolute atomic E-state index is 2.66. The molecule has 0 N–H and O–H groups in total. The topological polar surface area (TPSA) is 19.4 Å². The van der Waals surface area contributed by atoms with Crippen molar-refractivity contribution in [2.45, 2.75) is 373 Å². The molecule has 6 heterocycles. The molecule has 0 radical (unpaired) electrons. The van der Waals surface area contributed by atoms with Crippen LogP contribution in [0.4, 0.5) is 0 Å². The second kappa shape index (κ2) is 31.9. The minimum absolute atomic E-state index is 0.319. The van der Waals surface area contributed by atoms with Crippen molar-refractivity contribution < 1.29 is 0 Å². The van der Waals surface area contributed by atoms with E-state index in [1.165, 1.54) is 117 Å². The minimum Gasteiger partial charge on any atom is -0.298 e. The summed E-state index contributed by atoms with van der Waals surface area (Å²) >= 11 is 0. The Morgan fingerprint density at radius 1 is 0.267 bits per heavy atom. The van der Waals surface area contributed by atoms with E-state index in [1.54, 1.807) is 11.1 Å². The average Bonchev–Trinajstić information content (AvgIpc) is 2.86. The highest BCUT2D eigenvalue weighted by Gasteiger charge is 2.39. The van der Waals surface area contributed by atoms with Crippen LogP contribution in [-0.2, 0) is 0 Å². The summed E-state index contributed by atoms with van der Waals surface area (Å²) in [5, 5.41) is 0. The summed E-state index contributed by atoms with van der Waals surface area (Å²) in [6.45, 7) is 101. The lowest BCUT2D eigenvalue weighted by Gasteiger charge is -2.48. The zero-order chi connectivity index (χ0) is 67.6. The lowest BCUT2D eigenvalue weighted by Crippen LogP contribution is -2.52. The molecule has 4 atom stereocenters. The number of hydrogen-bond acceptors (Lipinski definition) is 6. The summed E-state index contributed by atoms with van der Waals surface area (Å²) < 4.78 is 0. The van der Waals surface area contributed by atoms with Gasteiger partial charge < -0.3 is 0 Å². The lowest BCUT2D eigenvalue weighted by atomic mass is 9.73. The summed E-state index contributed by atoms with van der Waals surface area (Å²) in [6.07, 6.45) is 18.3. The van der Waals surface area contributed by atoms with Gasteiger partial charge in [0.1, 0.15) is 0 Å². The predicted molar refractivity (Wildman–Crippen MR) is 390 cm³/mol. The van der Waals surface area contributed by atoms with Gasteiger partial charge in [-0.05, 0) is 298 Å². The first-order chi connectivity index (χ1) is 38.1. The van der Waals surface area contributed by atoms with Gasteiger partial charge in [0, 0.05) is 71.5 Å². The monoisotopic (exact) mass is 1210 g/mol. The lowest BCUT2D eigenvalue weighted by molar-refractivity contribution is 0.0110. The zero-order valence-electron chi connectivity index (χ0n) is 66.4. The van der Waals surface area contributed by atoms with Gasteiger partial charge in [-0.1, -0.05) is 148 Å². The van der Waals surface area contributed by atoms with E-state index in [0.717, 1.165) is 48.8 Å². The van der Waals surface area contributed by atoms with Crippen LogP contribution in [0.25, 0.3) is 0 Å². The fourth-order valence-corrected chi connectivity index (χ4v) is 14.7. The molecule has 6 rings (SSSR count). The molecule has 0 aromatic heterocycles. The molecule has 0 spiro atoms. The van der Waals surface area contributed by atoms with Crippen molar-refractivity contribution in [3.63, 3.8) is 0 Å². The zero-order valence-corrected chi connectivity index (χ0v) is 66.4. The number of nitrogens with zero attached hydrogens (tertiary/aromatic N) is 6. The summed E-state index contributed by atoms with van der Waals surface area (Å²) in [5.74, 6) is 3.62. The number of hydrogen-bond donors (Lipinski definition) is 0. The Morgan fingerprint density at radius 2 is 0.488 bits per heavy atom. The average molecular weight is 1210 g/mol. The van der Waals surface area contributed by atoms with Crippen molar-refractivity contribution in [3.8, 4) is 0 Å². The van der Waals surface area contributed by atoms with E-state index in [9.17, 15) is 0 Å². The smallest absolute Gasteiger partial charge is 0.0171 e. The molecule has 0 saturated carbocycles. The first-order valence-corrected chi connectivity index (χ1v) is 36.0. The number of likely N-dealkylation sites (tertiary alicyclic amines) is 4. The Morgan fingerprint density at radius 3 is 0.640 bits per heavy atom. The van der Waals surface area contributed by atoms with E-state index in [4.69, 9.17) is 0 Å². The van der Waals surface area contributed by atoms with E-state index in [2.05, 4.69) is 305 Å².